The summed E-state index contributed by atoms with van der Waals surface area (Å²) in [5, 5.41) is 9.60. The summed E-state index contributed by atoms with van der Waals surface area (Å²) in [5.41, 5.74) is 5.06. The average molecular weight is 423 g/mol. The minimum absolute atomic E-state index is 0.111. The molecule has 1 aromatic carbocycles. The van der Waals surface area contributed by atoms with E-state index in [2.05, 4.69) is 45.9 Å². The highest BCUT2D eigenvalue weighted by Crippen LogP contribution is 2.26. The molecule has 0 saturated carbocycles. The summed E-state index contributed by atoms with van der Waals surface area (Å²) < 4.78 is 5.09. The summed E-state index contributed by atoms with van der Waals surface area (Å²) in [4.78, 5) is 12.0. The van der Waals surface area contributed by atoms with Crippen molar-refractivity contribution in [3.63, 3.8) is 0 Å². The Balaban J connectivity index is 2.33. The largest absolute Gasteiger partial charge is 0.504 e. The van der Waals surface area contributed by atoms with Crippen molar-refractivity contribution in [2.24, 2.45) is 0 Å². The number of phenols is 1. The van der Waals surface area contributed by atoms with Gasteiger partial charge in [-0.1, -0.05) is 59.2 Å². The summed E-state index contributed by atoms with van der Waals surface area (Å²) in [6.07, 6.45) is 19.5. The number of ketones is 1. The second kappa shape index (κ2) is 15.1. The third kappa shape index (κ3) is 12.5. The predicted molar refractivity (Wildman–Crippen MR) is 132 cm³/mol. The van der Waals surface area contributed by atoms with Crippen LogP contribution in [0.15, 0.2) is 71.4 Å². The highest BCUT2D eigenvalue weighted by atomic mass is 16.5. The Kier molecular flexibility index (Phi) is 12.7. The quantitative estimate of drug-likeness (QED) is 0.201. The molecule has 31 heavy (non-hydrogen) atoms. The van der Waals surface area contributed by atoms with Crippen LogP contribution in [0.25, 0.3) is 6.08 Å². The molecule has 1 aromatic rings. The number of phenolic OH excluding ortho intramolecular Hbond substituents is 1. The van der Waals surface area contributed by atoms with Crippen LogP contribution in [0.5, 0.6) is 11.5 Å². The molecule has 0 aliphatic heterocycles. The summed E-state index contributed by atoms with van der Waals surface area (Å²) in [6.45, 7) is 8.62. The zero-order valence-electron chi connectivity index (χ0n) is 19.8. The summed E-state index contributed by atoms with van der Waals surface area (Å²) in [7, 11) is 1.52. The van der Waals surface area contributed by atoms with E-state index in [0.29, 0.717) is 12.2 Å². The third-order valence-electron chi connectivity index (χ3n) is 4.89. The topological polar surface area (TPSA) is 46.5 Å². The SMILES string of the molecule is COc1cc(C=CC=CC(=O)CCC=C(C)CCC=C(C)CCC=C(C)C)ccc1O. The first-order valence-electron chi connectivity index (χ1n) is 11.0. The second-order valence-electron chi connectivity index (χ2n) is 8.11. The molecule has 0 spiro atoms. The lowest BCUT2D eigenvalue weighted by Gasteiger charge is -2.03. The molecule has 0 heterocycles. The first-order valence-corrected chi connectivity index (χ1v) is 11.0. The molecule has 0 aliphatic rings. The van der Waals surface area contributed by atoms with Gasteiger partial charge in [0.25, 0.3) is 0 Å². The molecule has 168 valence electrons. The molecule has 1 rings (SSSR count). The van der Waals surface area contributed by atoms with Gasteiger partial charge in [-0.2, -0.15) is 0 Å². The van der Waals surface area contributed by atoms with Crippen molar-refractivity contribution in [3.8, 4) is 11.5 Å². The van der Waals surface area contributed by atoms with Crippen LogP contribution in [0.3, 0.4) is 0 Å². The number of hydrogen-bond acceptors (Lipinski definition) is 3. The minimum Gasteiger partial charge on any atom is -0.504 e. The molecule has 0 amide bonds. The van der Waals surface area contributed by atoms with E-state index in [1.807, 2.05) is 12.2 Å². The van der Waals surface area contributed by atoms with Crippen molar-refractivity contribution in [1.29, 1.82) is 0 Å². The Hall–Kier alpha value is -2.81. The van der Waals surface area contributed by atoms with Gasteiger partial charge in [0.15, 0.2) is 17.3 Å². The fraction of sp³-hybridized carbons (Fsp3) is 0.393. The van der Waals surface area contributed by atoms with Crippen LogP contribution in [0.1, 0.15) is 71.8 Å². The molecule has 0 bridgehead atoms. The number of carbonyl (C=O) groups is 1. The predicted octanol–water partition coefficient (Wildman–Crippen LogP) is 7.74. The van der Waals surface area contributed by atoms with Crippen LogP contribution in [-0.4, -0.2) is 18.0 Å². The maximum Gasteiger partial charge on any atom is 0.161 e. The van der Waals surface area contributed by atoms with Gasteiger partial charge in [0.2, 0.25) is 0 Å². The van der Waals surface area contributed by atoms with Crippen LogP contribution >= 0.6 is 0 Å². The molecule has 3 nitrogen and oxygen atoms in total. The van der Waals surface area contributed by atoms with Gasteiger partial charge in [-0.3, -0.25) is 4.79 Å². The molecule has 0 saturated heterocycles. The van der Waals surface area contributed by atoms with Crippen LogP contribution in [0, 0.1) is 0 Å². The first kappa shape index (κ1) is 26.2. The number of hydrogen-bond donors (Lipinski definition) is 1. The van der Waals surface area contributed by atoms with Crippen molar-refractivity contribution in [3.05, 3.63) is 76.9 Å². The van der Waals surface area contributed by atoms with Crippen molar-refractivity contribution < 1.29 is 14.6 Å². The van der Waals surface area contributed by atoms with Crippen LogP contribution < -0.4 is 4.74 Å². The smallest absolute Gasteiger partial charge is 0.161 e. The number of aromatic hydroxyl groups is 1. The van der Waals surface area contributed by atoms with Gasteiger partial charge in [-0.15, -0.1) is 0 Å². The molecule has 0 fully saturated rings. The van der Waals surface area contributed by atoms with Crippen LogP contribution in [-0.2, 0) is 4.79 Å². The van der Waals surface area contributed by atoms with Gasteiger partial charge in [-0.25, -0.2) is 0 Å². The Morgan fingerprint density at radius 3 is 2.13 bits per heavy atom. The number of methoxy groups -OCH3 is 1. The normalized spacial score (nSPS) is 12.5. The van der Waals surface area contributed by atoms with E-state index in [1.54, 1.807) is 30.4 Å². The first-order chi connectivity index (χ1) is 14.8. The van der Waals surface area contributed by atoms with Gasteiger partial charge in [0, 0.05) is 6.42 Å². The zero-order chi connectivity index (χ0) is 23.1. The van der Waals surface area contributed by atoms with Gasteiger partial charge < -0.3 is 9.84 Å². The second-order valence-corrected chi connectivity index (χ2v) is 8.11. The van der Waals surface area contributed by atoms with Crippen molar-refractivity contribution >= 4 is 11.9 Å². The van der Waals surface area contributed by atoms with E-state index in [9.17, 15) is 9.90 Å². The molecular formula is C28H38O3. The number of allylic oxidation sites excluding steroid dienone is 9. The highest BCUT2D eigenvalue weighted by molar-refractivity contribution is 5.90. The molecule has 0 atom stereocenters. The van der Waals surface area contributed by atoms with Crippen LogP contribution in [0.2, 0.25) is 0 Å². The van der Waals surface area contributed by atoms with E-state index >= 15 is 0 Å². The molecule has 0 unspecified atom stereocenters. The van der Waals surface area contributed by atoms with E-state index in [1.165, 1.54) is 23.8 Å². The van der Waals surface area contributed by atoms with Crippen molar-refractivity contribution in [2.75, 3.05) is 7.11 Å². The number of benzene rings is 1. The summed E-state index contributed by atoms with van der Waals surface area (Å²) >= 11 is 0. The van der Waals surface area contributed by atoms with E-state index in [-0.39, 0.29) is 11.5 Å². The fourth-order valence-corrected chi connectivity index (χ4v) is 3.01. The lowest BCUT2D eigenvalue weighted by Crippen LogP contribution is -1.91. The van der Waals surface area contributed by atoms with Gasteiger partial charge >= 0.3 is 0 Å². The molecule has 3 heteroatoms. The lowest BCUT2D eigenvalue weighted by molar-refractivity contribution is -0.114. The van der Waals surface area contributed by atoms with Gasteiger partial charge in [0.05, 0.1) is 7.11 Å². The molecule has 0 aliphatic carbocycles. The third-order valence-corrected chi connectivity index (χ3v) is 4.89. The molecule has 1 N–H and O–H groups in total. The maximum atomic E-state index is 12.0. The van der Waals surface area contributed by atoms with Crippen molar-refractivity contribution in [1.82, 2.24) is 0 Å². The zero-order valence-corrected chi connectivity index (χ0v) is 19.8. The number of rotatable bonds is 13. The van der Waals surface area contributed by atoms with E-state index in [0.717, 1.165) is 37.7 Å². The fourth-order valence-electron chi connectivity index (χ4n) is 3.01. The summed E-state index contributed by atoms with van der Waals surface area (Å²) in [5.74, 6) is 0.657. The average Bonchev–Trinajstić information content (AvgIpc) is 2.72. The van der Waals surface area contributed by atoms with Gasteiger partial charge in [0.1, 0.15) is 0 Å². The number of carbonyl (C=O) groups excluding carboxylic acids is 1. The Morgan fingerprint density at radius 1 is 0.903 bits per heavy atom. The molecule has 0 aromatic heterocycles. The molecular weight excluding hydrogens is 384 g/mol. The Bertz CT molecular complexity index is 847. The Morgan fingerprint density at radius 2 is 1.52 bits per heavy atom. The van der Waals surface area contributed by atoms with E-state index < -0.39 is 0 Å². The minimum atomic E-state index is 0.111. The highest BCUT2D eigenvalue weighted by Gasteiger charge is 2.00. The monoisotopic (exact) mass is 422 g/mol. The Labute approximate surface area is 188 Å². The van der Waals surface area contributed by atoms with Crippen molar-refractivity contribution in [2.45, 2.75) is 66.2 Å². The lowest BCUT2D eigenvalue weighted by atomic mass is 10.1. The number of ether oxygens (including phenoxy) is 1. The van der Waals surface area contributed by atoms with Crippen LogP contribution in [0.4, 0.5) is 0 Å². The maximum absolute atomic E-state index is 12.0. The molecule has 0 radical (unpaired) electrons. The van der Waals surface area contributed by atoms with Gasteiger partial charge in [-0.05, 0) is 83.6 Å². The standard InChI is InChI=1S/C28H38O3/c1-22(2)11-8-12-23(3)13-9-14-24(4)15-10-18-26(29)17-7-6-16-25-19-20-27(30)28(21-25)31-5/h6-7,11,13,15-17,19-21,30H,8-10,12,14,18H2,1-5H3. The van der Waals surface area contributed by atoms with E-state index in [4.69, 9.17) is 4.74 Å². The summed E-state index contributed by atoms with van der Waals surface area (Å²) in [6, 6.07) is 5.12.